The zero-order valence-electron chi connectivity index (χ0n) is 18.9. The van der Waals surface area contributed by atoms with Gasteiger partial charge in [0.05, 0.1) is 24.0 Å². The second-order valence-corrected chi connectivity index (χ2v) is 8.33. The van der Waals surface area contributed by atoms with Gasteiger partial charge in [0.25, 0.3) is 0 Å². The van der Waals surface area contributed by atoms with Crippen molar-refractivity contribution in [2.24, 2.45) is 0 Å². The Kier molecular flexibility index (Phi) is 7.32. The Bertz CT molecular complexity index is 1080. The lowest BCUT2D eigenvalue weighted by atomic mass is 9.94. The molecular weight excluding hydrogens is 419 g/mol. The van der Waals surface area contributed by atoms with Gasteiger partial charge >= 0.3 is 6.03 Å². The van der Waals surface area contributed by atoms with E-state index in [4.69, 9.17) is 4.74 Å². The SMILES string of the molecule is COCCN1C[C@@H](NC(=O)Nc2ccc(C)nc2-c2ccccc2)[C@H](c2ccc(F)cc2)C1. The molecule has 1 aromatic heterocycles. The van der Waals surface area contributed by atoms with Crippen molar-refractivity contribution in [3.05, 3.63) is 83.8 Å². The van der Waals surface area contributed by atoms with Crippen LogP contribution in [0.2, 0.25) is 0 Å². The molecule has 7 heteroatoms. The molecule has 4 rings (SSSR count). The second-order valence-electron chi connectivity index (χ2n) is 8.33. The van der Waals surface area contributed by atoms with Gasteiger partial charge in [-0.25, -0.2) is 9.18 Å². The van der Waals surface area contributed by atoms with Crippen LogP contribution in [-0.4, -0.2) is 55.3 Å². The Morgan fingerprint density at radius 3 is 2.58 bits per heavy atom. The monoisotopic (exact) mass is 448 g/mol. The molecule has 2 heterocycles. The number of halogens is 1. The largest absolute Gasteiger partial charge is 0.383 e. The summed E-state index contributed by atoms with van der Waals surface area (Å²) < 4.78 is 18.7. The Balaban J connectivity index is 1.51. The molecule has 2 atom stereocenters. The Hall–Kier alpha value is -3.29. The van der Waals surface area contributed by atoms with E-state index in [1.807, 2.05) is 49.4 Å². The summed E-state index contributed by atoms with van der Waals surface area (Å²) in [5.74, 6) is -0.214. The highest BCUT2D eigenvalue weighted by atomic mass is 19.1. The fourth-order valence-corrected chi connectivity index (χ4v) is 4.28. The fraction of sp³-hybridized carbons (Fsp3) is 0.308. The van der Waals surface area contributed by atoms with Gasteiger partial charge in [0.2, 0.25) is 0 Å². The summed E-state index contributed by atoms with van der Waals surface area (Å²) in [6.07, 6.45) is 0. The molecular formula is C26H29FN4O2. The van der Waals surface area contributed by atoms with E-state index in [1.54, 1.807) is 19.2 Å². The van der Waals surface area contributed by atoms with Crippen molar-refractivity contribution in [1.29, 1.82) is 0 Å². The van der Waals surface area contributed by atoms with Gasteiger partial charge in [-0.1, -0.05) is 42.5 Å². The number of likely N-dealkylation sites (tertiary alicyclic amines) is 1. The van der Waals surface area contributed by atoms with Crippen molar-refractivity contribution in [3.8, 4) is 11.3 Å². The first-order valence-electron chi connectivity index (χ1n) is 11.1. The first-order chi connectivity index (χ1) is 16.0. The lowest BCUT2D eigenvalue weighted by Gasteiger charge is -2.21. The van der Waals surface area contributed by atoms with Gasteiger partial charge in [0.15, 0.2) is 0 Å². The number of anilines is 1. The highest BCUT2D eigenvalue weighted by molar-refractivity contribution is 5.93. The van der Waals surface area contributed by atoms with Crippen molar-refractivity contribution in [2.45, 2.75) is 18.9 Å². The lowest BCUT2D eigenvalue weighted by molar-refractivity contribution is 0.159. The molecule has 33 heavy (non-hydrogen) atoms. The number of ether oxygens (including phenoxy) is 1. The molecule has 0 aliphatic carbocycles. The number of methoxy groups -OCH3 is 1. The number of amides is 2. The minimum absolute atomic E-state index is 0.0537. The predicted molar refractivity (Wildman–Crippen MR) is 128 cm³/mol. The minimum atomic E-state index is -0.288. The summed E-state index contributed by atoms with van der Waals surface area (Å²) in [7, 11) is 1.68. The standard InChI is InChI=1S/C26H29FN4O2/c1-18-8-13-23(25(28-18)20-6-4-3-5-7-20)29-26(32)30-24-17-31(14-15-33-2)16-22(24)19-9-11-21(27)12-10-19/h3-13,22,24H,14-17H2,1-2H3,(H2,29,30,32)/t22-,24+/m0/s1. The van der Waals surface area contributed by atoms with Crippen LogP contribution in [-0.2, 0) is 4.74 Å². The van der Waals surface area contributed by atoms with E-state index in [9.17, 15) is 9.18 Å². The molecule has 6 nitrogen and oxygen atoms in total. The number of pyridine rings is 1. The van der Waals surface area contributed by atoms with Gasteiger partial charge in [0.1, 0.15) is 5.82 Å². The number of carbonyl (C=O) groups is 1. The third-order valence-corrected chi connectivity index (χ3v) is 5.95. The number of aromatic nitrogens is 1. The van der Waals surface area contributed by atoms with Crippen molar-refractivity contribution < 1.29 is 13.9 Å². The van der Waals surface area contributed by atoms with E-state index in [1.165, 1.54) is 12.1 Å². The molecule has 1 aliphatic rings. The van der Waals surface area contributed by atoms with Crippen LogP contribution in [0.5, 0.6) is 0 Å². The summed E-state index contributed by atoms with van der Waals surface area (Å²) >= 11 is 0. The smallest absolute Gasteiger partial charge is 0.319 e. The van der Waals surface area contributed by atoms with Crippen LogP contribution in [0.15, 0.2) is 66.7 Å². The van der Waals surface area contributed by atoms with E-state index in [0.717, 1.165) is 35.6 Å². The Morgan fingerprint density at radius 1 is 1.09 bits per heavy atom. The second kappa shape index (κ2) is 10.6. The summed E-state index contributed by atoms with van der Waals surface area (Å²) in [6, 6.07) is 19.7. The molecule has 1 aliphatic heterocycles. The number of benzene rings is 2. The van der Waals surface area contributed by atoms with Crippen LogP contribution in [0.4, 0.5) is 14.9 Å². The van der Waals surface area contributed by atoms with E-state index < -0.39 is 0 Å². The Morgan fingerprint density at radius 2 is 1.85 bits per heavy atom. The molecule has 0 unspecified atom stereocenters. The van der Waals surface area contributed by atoms with E-state index in [2.05, 4.69) is 20.5 Å². The minimum Gasteiger partial charge on any atom is -0.383 e. The van der Waals surface area contributed by atoms with Crippen LogP contribution >= 0.6 is 0 Å². The highest BCUT2D eigenvalue weighted by Crippen LogP contribution is 2.29. The molecule has 2 aromatic carbocycles. The predicted octanol–water partition coefficient (Wildman–Crippen LogP) is 4.43. The molecule has 2 amide bonds. The summed E-state index contributed by atoms with van der Waals surface area (Å²) in [5.41, 5.74) is 4.20. The van der Waals surface area contributed by atoms with Crippen LogP contribution in [0.1, 0.15) is 17.2 Å². The first-order valence-corrected chi connectivity index (χ1v) is 11.1. The number of urea groups is 1. The normalized spacial score (nSPS) is 18.3. The molecule has 0 saturated carbocycles. The van der Waals surface area contributed by atoms with Crippen molar-refractivity contribution in [2.75, 3.05) is 38.7 Å². The van der Waals surface area contributed by atoms with Gasteiger partial charge in [-0.15, -0.1) is 0 Å². The zero-order valence-corrected chi connectivity index (χ0v) is 18.9. The molecule has 1 saturated heterocycles. The zero-order chi connectivity index (χ0) is 23.2. The molecule has 0 radical (unpaired) electrons. The topological polar surface area (TPSA) is 66.5 Å². The third kappa shape index (κ3) is 5.74. The molecule has 172 valence electrons. The number of hydrogen-bond acceptors (Lipinski definition) is 4. The van der Waals surface area contributed by atoms with E-state index >= 15 is 0 Å². The van der Waals surface area contributed by atoms with Crippen molar-refractivity contribution in [3.63, 3.8) is 0 Å². The Labute approximate surface area is 193 Å². The van der Waals surface area contributed by atoms with Gasteiger partial charge in [-0.2, -0.15) is 0 Å². The quantitative estimate of drug-likeness (QED) is 0.561. The number of rotatable bonds is 7. The molecule has 0 bridgehead atoms. The maximum absolute atomic E-state index is 13.5. The van der Waals surface area contributed by atoms with Crippen LogP contribution < -0.4 is 10.6 Å². The van der Waals surface area contributed by atoms with Gasteiger partial charge < -0.3 is 15.4 Å². The number of nitrogens with one attached hydrogen (secondary N) is 2. The maximum Gasteiger partial charge on any atom is 0.319 e. The highest BCUT2D eigenvalue weighted by Gasteiger charge is 2.34. The van der Waals surface area contributed by atoms with Crippen molar-refractivity contribution >= 4 is 11.7 Å². The van der Waals surface area contributed by atoms with Gasteiger partial charge in [-0.05, 0) is 36.8 Å². The molecule has 1 fully saturated rings. The lowest BCUT2D eigenvalue weighted by Crippen LogP contribution is -2.42. The summed E-state index contributed by atoms with van der Waals surface area (Å²) in [6.45, 7) is 4.77. The summed E-state index contributed by atoms with van der Waals surface area (Å²) in [5, 5.41) is 6.12. The molecule has 3 aromatic rings. The average Bonchev–Trinajstić information content (AvgIpc) is 3.22. The third-order valence-electron chi connectivity index (χ3n) is 5.95. The van der Waals surface area contributed by atoms with Crippen molar-refractivity contribution in [1.82, 2.24) is 15.2 Å². The molecule has 0 spiro atoms. The van der Waals surface area contributed by atoms with Crippen LogP contribution in [0, 0.1) is 12.7 Å². The van der Waals surface area contributed by atoms with Crippen LogP contribution in [0.3, 0.4) is 0 Å². The fourth-order valence-electron chi connectivity index (χ4n) is 4.28. The first kappa shape index (κ1) is 22.9. The number of hydrogen-bond donors (Lipinski definition) is 2. The molecule has 2 N–H and O–H groups in total. The average molecular weight is 449 g/mol. The number of nitrogens with zero attached hydrogens (tertiary/aromatic N) is 2. The van der Waals surface area contributed by atoms with Gasteiger partial charge in [-0.3, -0.25) is 9.88 Å². The van der Waals surface area contributed by atoms with E-state index in [0.29, 0.717) is 18.8 Å². The van der Waals surface area contributed by atoms with Crippen LogP contribution in [0.25, 0.3) is 11.3 Å². The number of carbonyl (C=O) groups excluding carboxylic acids is 1. The summed E-state index contributed by atoms with van der Waals surface area (Å²) in [4.78, 5) is 19.9. The van der Waals surface area contributed by atoms with Gasteiger partial charge in [0, 0.05) is 43.9 Å². The maximum atomic E-state index is 13.5. The van der Waals surface area contributed by atoms with E-state index in [-0.39, 0.29) is 23.8 Å². The number of aryl methyl sites for hydroxylation is 1.